The molecule has 2 unspecified atom stereocenters. The van der Waals surface area contributed by atoms with E-state index < -0.39 is 24.1 Å². The molecule has 0 bridgehead atoms. The van der Waals surface area contributed by atoms with Gasteiger partial charge in [-0.1, -0.05) is 12.1 Å². The van der Waals surface area contributed by atoms with Gasteiger partial charge in [0, 0.05) is 56.8 Å². The van der Waals surface area contributed by atoms with E-state index >= 15 is 0 Å². The first kappa shape index (κ1) is 32.9. The summed E-state index contributed by atoms with van der Waals surface area (Å²) in [6.45, 7) is 2.88. The minimum atomic E-state index is -1.02. The van der Waals surface area contributed by atoms with Crippen LogP contribution in [0, 0.1) is 0 Å². The molecule has 3 aliphatic rings. The maximum absolute atomic E-state index is 13.4. The summed E-state index contributed by atoms with van der Waals surface area (Å²) in [6, 6.07) is 7.08. The maximum Gasteiger partial charge on any atom is 0.409 e. The summed E-state index contributed by atoms with van der Waals surface area (Å²) in [7, 11) is 0. The van der Waals surface area contributed by atoms with Gasteiger partial charge in [-0.15, -0.1) is 0 Å². The second-order valence-corrected chi connectivity index (χ2v) is 11.7. The molecular weight excluding hydrogens is 596 g/mol. The number of aliphatic hydroxyl groups excluding tert-OH is 1. The fourth-order valence-electron chi connectivity index (χ4n) is 5.95. The van der Waals surface area contributed by atoms with Crippen molar-refractivity contribution in [3.63, 3.8) is 0 Å². The van der Waals surface area contributed by atoms with Crippen LogP contribution in [-0.4, -0.2) is 125 Å². The number of rotatable bonds is 11. The first-order chi connectivity index (χ1) is 22.3. The number of benzene rings is 1. The lowest BCUT2D eigenvalue weighted by Gasteiger charge is -2.35. The van der Waals surface area contributed by atoms with Crippen LogP contribution in [0.5, 0.6) is 5.75 Å². The first-order valence-electron chi connectivity index (χ1n) is 16.0. The predicted molar refractivity (Wildman–Crippen MR) is 166 cm³/mol. The Hall–Kier alpha value is -4.46. The lowest BCUT2D eigenvalue weighted by Crippen LogP contribution is -2.56. The van der Waals surface area contributed by atoms with E-state index in [0.29, 0.717) is 37.0 Å². The monoisotopic (exact) mass is 638 g/mol. The lowest BCUT2D eigenvalue weighted by atomic mass is 9.93. The lowest BCUT2D eigenvalue weighted by molar-refractivity contribution is -0.140. The molecule has 2 saturated heterocycles. The van der Waals surface area contributed by atoms with E-state index in [-0.39, 0.29) is 74.5 Å². The molecule has 248 valence electrons. The number of amides is 5. The molecule has 46 heavy (non-hydrogen) atoms. The molecule has 3 N–H and O–H groups in total. The average molecular weight is 639 g/mol. The van der Waals surface area contributed by atoms with Gasteiger partial charge >= 0.3 is 6.09 Å². The Morgan fingerprint density at radius 3 is 2.43 bits per heavy atom. The van der Waals surface area contributed by atoms with E-state index in [1.165, 1.54) is 11.0 Å². The van der Waals surface area contributed by atoms with Crippen molar-refractivity contribution in [1.29, 1.82) is 0 Å². The van der Waals surface area contributed by atoms with E-state index in [0.717, 1.165) is 25.7 Å². The van der Waals surface area contributed by atoms with Gasteiger partial charge in [0.05, 0.1) is 12.1 Å². The number of hydrogen-bond donors (Lipinski definition) is 3. The molecule has 5 amide bonds. The smallest absolute Gasteiger partial charge is 0.409 e. The third-order valence-corrected chi connectivity index (χ3v) is 8.73. The Bertz CT molecular complexity index is 1440. The molecular formula is C32H42N6O8. The molecule has 1 saturated carbocycles. The Kier molecular flexibility index (Phi) is 10.9. The van der Waals surface area contributed by atoms with E-state index in [1.54, 1.807) is 41.0 Å². The van der Waals surface area contributed by atoms with Gasteiger partial charge in [0.25, 0.3) is 11.8 Å². The van der Waals surface area contributed by atoms with Crippen LogP contribution in [-0.2, 0) is 19.1 Å². The molecule has 0 radical (unpaired) electrons. The molecule has 2 aliphatic heterocycles. The SMILES string of the molecule is CCOC(=O)N1CCN(C(=O)C(CCO)NC(=O)c2cc(OCC(=O)N3CCCC3C(=O)NC3CCC3)c3ccccc3n2)CC1. The highest BCUT2D eigenvalue weighted by Crippen LogP contribution is 2.27. The highest BCUT2D eigenvalue weighted by atomic mass is 16.6. The minimum absolute atomic E-state index is 0.0145. The molecule has 1 aliphatic carbocycles. The van der Waals surface area contributed by atoms with Crippen molar-refractivity contribution in [2.24, 2.45) is 0 Å². The Morgan fingerprint density at radius 2 is 1.74 bits per heavy atom. The van der Waals surface area contributed by atoms with Crippen LogP contribution in [0.2, 0.25) is 0 Å². The summed E-state index contributed by atoms with van der Waals surface area (Å²) in [4.78, 5) is 73.9. The molecule has 1 aromatic heterocycles. The molecule has 14 heteroatoms. The summed E-state index contributed by atoms with van der Waals surface area (Å²) in [5.74, 6) is -1.22. The summed E-state index contributed by atoms with van der Waals surface area (Å²) in [5, 5.41) is 16.0. The number of hydrogen-bond acceptors (Lipinski definition) is 9. The number of carbonyl (C=O) groups is 5. The molecule has 1 aromatic carbocycles. The molecule has 5 rings (SSSR count). The number of piperazine rings is 1. The fourth-order valence-corrected chi connectivity index (χ4v) is 5.95. The fraction of sp³-hybridized carbons (Fsp3) is 0.562. The van der Waals surface area contributed by atoms with Gasteiger partial charge in [0.1, 0.15) is 23.5 Å². The van der Waals surface area contributed by atoms with Crippen LogP contribution in [0.15, 0.2) is 30.3 Å². The van der Waals surface area contributed by atoms with Crippen LogP contribution in [0.4, 0.5) is 4.79 Å². The van der Waals surface area contributed by atoms with Gasteiger partial charge in [-0.2, -0.15) is 0 Å². The van der Waals surface area contributed by atoms with Crippen LogP contribution < -0.4 is 15.4 Å². The van der Waals surface area contributed by atoms with Gasteiger partial charge in [-0.05, 0) is 57.6 Å². The Morgan fingerprint density at radius 1 is 1.00 bits per heavy atom. The van der Waals surface area contributed by atoms with Crippen molar-refractivity contribution in [1.82, 2.24) is 30.3 Å². The average Bonchev–Trinajstić information content (AvgIpc) is 3.55. The van der Waals surface area contributed by atoms with Crippen molar-refractivity contribution in [3.8, 4) is 5.75 Å². The normalized spacial score (nSPS) is 18.9. The van der Waals surface area contributed by atoms with E-state index in [4.69, 9.17) is 9.47 Å². The number of nitrogens with one attached hydrogen (secondary N) is 2. The van der Waals surface area contributed by atoms with Crippen molar-refractivity contribution in [2.75, 3.05) is 52.5 Å². The number of ether oxygens (including phenoxy) is 2. The van der Waals surface area contributed by atoms with Crippen molar-refractivity contribution >= 4 is 40.6 Å². The second kappa shape index (κ2) is 15.2. The standard InChI is InChI=1S/C32H42N6O8/c1-2-45-32(44)37-16-14-36(15-17-37)31(43)24(12-18-39)35-29(41)25-19-27(22-9-3-4-10-23(22)34-25)46-20-28(40)38-13-6-11-26(38)30(42)33-21-7-5-8-21/h3-4,9-10,19,21,24,26,39H,2,5-8,11-18,20H2,1H3,(H,33,42)(H,35,41). The van der Waals surface area contributed by atoms with Crippen molar-refractivity contribution < 1.29 is 38.6 Å². The Labute approximate surface area is 267 Å². The van der Waals surface area contributed by atoms with E-state index in [1.807, 2.05) is 0 Å². The number of nitrogens with zero attached hydrogens (tertiary/aromatic N) is 4. The number of para-hydroxylation sites is 1. The largest absolute Gasteiger partial charge is 0.483 e. The van der Waals surface area contributed by atoms with Gasteiger partial charge in [0.2, 0.25) is 11.8 Å². The zero-order valence-corrected chi connectivity index (χ0v) is 26.1. The maximum atomic E-state index is 13.4. The van der Waals surface area contributed by atoms with Gasteiger partial charge in [0.15, 0.2) is 6.61 Å². The van der Waals surface area contributed by atoms with Gasteiger partial charge < -0.3 is 39.9 Å². The zero-order chi connectivity index (χ0) is 32.6. The highest BCUT2D eigenvalue weighted by molar-refractivity contribution is 5.99. The summed E-state index contributed by atoms with van der Waals surface area (Å²) in [5.41, 5.74) is 0.430. The number of likely N-dealkylation sites (tertiary alicyclic amines) is 1. The number of aliphatic hydroxyl groups is 1. The molecule has 2 atom stereocenters. The van der Waals surface area contributed by atoms with Crippen LogP contribution in [0.3, 0.4) is 0 Å². The Balaban J connectivity index is 1.24. The molecule has 3 fully saturated rings. The third-order valence-electron chi connectivity index (χ3n) is 8.73. The van der Waals surface area contributed by atoms with Crippen LogP contribution in [0.1, 0.15) is 55.9 Å². The quantitative estimate of drug-likeness (QED) is 0.326. The molecule has 3 heterocycles. The van der Waals surface area contributed by atoms with E-state index in [9.17, 15) is 29.1 Å². The molecule has 14 nitrogen and oxygen atoms in total. The van der Waals surface area contributed by atoms with Crippen molar-refractivity contribution in [2.45, 2.75) is 63.6 Å². The summed E-state index contributed by atoms with van der Waals surface area (Å²) >= 11 is 0. The number of pyridine rings is 1. The number of carbonyl (C=O) groups excluding carboxylic acids is 5. The minimum Gasteiger partial charge on any atom is -0.483 e. The third kappa shape index (κ3) is 7.66. The summed E-state index contributed by atoms with van der Waals surface area (Å²) in [6.07, 6.45) is 3.90. The predicted octanol–water partition coefficient (Wildman–Crippen LogP) is 1.05. The molecule has 0 spiro atoms. The van der Waals surface area contributed by atoms with Crippen molar-refractivity contribution in [3.05, 3.63) is 36.0 Å². The summed E-state index contributed by atoms with van der Waals surface area (Å²) < 4.78 is 11.0. The van der Waals surface area contributed by atoms with Gasteiger partial charge in [-0.25, -0.2) is 9.78 Å². The second-order valence-electron chi connectivity index (χ2n) is 11.7. The highest BCUT2D eigenvalue weighted by Gasteiger charge is 2.36. The van der Waals surface area contributed by atoms with Crippen LogP contribution in [0.25, 0.3) is 10.9 Å². The zero-order valence-electron chi connectivity index (χ0n) is 26.1. The first-order valence-corrected chi connectivity index (χ1v) is 16.0. The topological polar surface area (TPSA) is 171 Å². The van der Waals surface area contributed by atoms with E-state index in [2.05, 4.69) is 15.6 Å². The number of fused-ring (bicyclic) bond motifs is 1. The number of aromatic nitrogens is 1. The van der Waals surface area contributed by atoms with Crippen LogP contribution >= 0.6 is 0 Å². The molecule has 2 aromatic rings. The van der Waals surface area contributed by atoms with Gasteiger partial charge in [-0.3, -0.25) is 19.2 Å².